The Morgan fingerprint density at radius 1 is 1.17 bits per heavy atom. The number of aliphatic imine (C=N–C) groups is 1. The van der Waals surface area contributed by atoms with E-state index in [-0.39, 0.29) is 5.82 Å². The number of hydrogen-bond acceptors (Lipinski definition) is 5. The third-order valence-electron chi connectivity index (χ3n) is 5.33. The largest absolute Gasteiger partial charge is 0.496 e. The number of rotatable bonds is 3. The molecule has 1 aliphatic rings. The van der Waals surface area contributed by atoms with E-state index in [4.69, 9.17) is 4.74 Å². The van der Waals surface area contributed by atoms with Crippen molar-refractivity contribution in [1.82, 2.24) is 19.1 Å². The average molecular weight is 403 g/mol. The molecule has 0 radical (unpaired) electrons. The monoisotopic (exact) mass is 403 g/mol. The number of nitrogens with zero attached hydrogens (tertiary/aromatic N) is 5. The van der Waals surface area contributed by atoms with Gasteiger partial charge < -0.3 is 4.74 Å². The van der Waals surface area contributed by atoms with Crippen LogP contribution in [0.2, 0.25) is 0 Å². The number of pyridine rings is 2. The van der Waals surface area contributed by atoms with Crippen molar-refractivity contribution in [2.75, 3.05) is 13.7 Å². The van der Waals surface area contributed by atoms with Crippen LogP contribution >= 0.6 is 0 Å². The molecule has 0 fully saturated rings. The second-order valence-electron chi connectivity index (χ2n) is 7.21. The summed E-state index contributed by atoms with van der Waals surface area (Å²) < 4.78 is 23.1. The van der Waals surface area contributed by atoms with Crippen molar-refractivity contribution in [3.63, 3.8) is 0 Å². The van der Waals surface area contributed by atoms with Gasteiger partial charge in [0.05, 0.1) is 36.4 Å². The van der Waals surface area contributed by atoms with Gasteiger partial charge in [-0.3, -0.25) is 14.5 Å². The first-order valence-electron chi connectivity index (χ1n) is 9.40. The fourth-order valence-electron chi connectivity index (χ4n) is 3.84. The minimum absolute atomic E-state index is 0.0392. The van der Waals surface area contributed by atoms with Gasteiger partial charge in [0.1, 0.15) is 5.75 Å². The fourth-order valence-corrected chi connectivity index (χ4v) is 3.84. The molecule has 30 heavy (non-hydrogen) atoms. The van der Waals surface area contributed by atoms with Crippen LogP contribution < -0.4 is 10.4 Å². The molecule has 1 aliphatic heterocycles. The summed E-state index contributed by atoms with van der Waals surface area (Å²) in [6.45, 7) is 2.36. The van der Waals surface area contributed by atoms with Crippen LogP contribution in [0.3, 0.4) is 0 Å². The number of benzene rings is 1. The maximum absolute atomic E-state index is 14.8. The van der Waals surface area contributed by atoms with Crippen molar-refractivity contribution in [2.24, 2.45) is 12.0 Å². The Bertz CT molecular complexity index is 1460. The lowest BCUT2D eigenvalue weighted by Crippen LogP contribution is -2.22. The summed E-state index contributed by atoms with van der Waals surface area (Å²) in [6.07, 6.45) is 6.94. The van der Waals surface area contributed by atoms with Gasteiger partial charge >= 0.3 is 5.69 Å². The molecular weight excluding hydrogens is 385 g/mol. The van der Waals surface area contributed by atoms with Gasteiger partial charge in [-0.05, 0) is 24.6 Å². The lowest BCUT2D eigenvalue weighted by atomic mass is 10.0. The molecule has 7 nitrogen and oxygen atoms in total. The van der Waals surface area contributed by atoms with Crippen molar-refractivity contribution in [1.29, 1.82) is 0 Å². The first kappa shape index (κ1) is 18.2. The van der Waals surface area contributed by atoms with Gasteiger partial charge in [-0.1, -0.05) is 6.08 Å². The van der Waals surface area contributed by atoms with Crippen molar-refractivity contribution in [3.05, 3.63) is 64.1 Å². The smallest absolute Gasteiger partial charge is 0.334 e. The number of aromatic nitrogens is 4. The van der Waals surface area contributed by atoms with Crippen LogP contribution in [-0.4, -0.2) is 39.0 Å². The highest BCUT2D eigenvalue weighted by atomic mass is 19.1. The Morgan fingerprint density at radius 3 is 2.70 bits per heavy atom. The third kappa shape index (κ3) is 2.57. The van der Waals surface area contributed by atoms with Gasteiger partial charge in [0.15, 0.2) is 11.6 Å². The van der Waals surface area contributed by atoms with E-state index in [1.54, 1.807) is 39.7 Å². The molecule has 0 saturated heterocycles. The molecular formula is C22H18FN5O2. The van der Waals surface area contributed by atoms with Crippen LogP contribution in [0.4, 0.5) is 4.39 Å². The normalized spacial score (nSPS) is 13.4. The van der Waals surface area contributed by atoms with E-state index >= 15 is 0 Å². The third-order valence-corrected chi connectivity index (χ3v) is 5.33. The molecule has 0 N–H and O–H groups in total. The SMILES string of the molecule is COc1cc2ncc3c(c2cc1C1=CCN=C1)n(-c1ncc(C)cc1F)c(=O)n3C. The van der Waals surface area contributed by atoms with Crippen molar-refractivity contribution < 1.29 is 9.13 Å². The van der Waals surface area contributed by atoms with E-state index < -0.39 is 11.5 Å². The molecule has 0 spiro atoms. The number of hydrogen-bond donors (Lipinski definition) is 0. The number of methoxy groups -OCH3 is 1. The van der Waals surface area contributed by atoms with E-state index in [0.717, 1.165) is 11.1 Å². The Hall–Kier alpha value is -3.81. The molecule has 150 valence electrons. The maximum Gasteiger partial charge on any atom is 0.334 e. The Balaban J connectivity index is 1.94. The summed E-state index contributed by atoms with van der Waals surface area (Å²) in [4.78, 5) is 26.0. The lowest BCUT2D eigenvalue weighted by Gasteiger charge is -2.12. The first-order chi connectivity index (χ1) is 14.5. The van der Waals surface area contributed by atoms with E-state index in [1.807, 2.05) is 18.2 Å². The fraction of sp³-hybridized carbons (Fsp3) is 0.182. The number of imidazole rings is 1. The average Bonchev–Trinajstić information content (AvgIpc) is 3.35. The lowest BCUT2D eigenvalue weighted by molar-refractivity contribution is 0.414. The number of halogens is 1. The van der Waals surface area contributed by atoms with Gasteiger partial charge in [-0.2, -0.15) is 0 Å². The standard InChI is InChI=1S/C22H18FN5O2/c1-12-6-16(23)21(26-9-12)28-20-15-7-14(13-4-5-24-10-13)19(30-3)8-17(15)25-11-18(20)27(2)22(28)29/h4,6-11H,5H2,1-3H3. The van der Waals surface area contributed by atoms with Crippen LogP contribution in [0, 0.1) is 12.7 Å². The van der Waals surface area contributed by atoms with Crippen LogP contribution in [-0.2, 0) is 7.05 Å². The predicted molar refractivity (Wildman–Crippen MR) is 114 cm³/mol. The second-order valence-corrected chi connectivity index (χ2v) is 7.21. The highest BCUT2D eigenvalue weighted by Crippen LogP contribution is 2.34. The first-order valence-corrected chi connectivity index (χ1v) is 9.40. The Labute approximate surface area is 170 Å². The molecule has 1 aromatic carbocycles. The number of ether oxygens (including phenoxy) is 1. The summed E-state index contributed by atoms with van der Waals surface area (Å²) in [5.74, 6) is 0.0510. The molecule has 4 heterocycles. The summed E-state index contributed by atoms with van der Waals surface area (Å²) >= 11 is 0. The van der Waals surface area contributed by atoms with Crippen LogP contribution in [0.5, 0.6) is 5.75 Å². The molecule has 0 bridgehead atoms. The molecule has 3 aromatic heterocycles. The van der Waals surface area contributed by atoms with Gasteiger partial charge in [-0.25, -0.2) is 18.7 Å². The second kappa shape index (κ2) is 6.62. The van der Waals surface area contributed by atoms with E-state index in [9.17, 15) is 9.18 Å². The van der Waals surface area contributed by atoms with Crippen LogP contribution in [0.1, 0.15) is 11.1 Å². The van der Waals surface area contributed by atoms with Gasteiger partial charge in [0, 0.05) is 42.0 Å². The Morgan fingerprint density at radius 2 is 2.00 bits per heavy atom. The minimum Gasteiger partial charge on any atom is -0.496 e. The highest BCUT2D eigenvalue weighted by molar-refractivity contribution is 6.15. The summed E-state index contributed by atoms with van der Waals surface area (Å²) in [5.41, 5.74) is 3.80. The summed E-state index contributed by atoms with van der Waals surface area (Å²) in [6, 6.07) is 5.10. The number of fused-ring (bicyclic) bond motifs is 3. The minimum atomic E-state index is -0.561. The van der Waals surface area contributed by atoms with E-state index in [0.29, 0.717) is 39.8 Å². The van der Waals surface area contributed by atoms with Crippen molar-refractivity contribution in [3.8, 4) is 11.6 Å². The summed E-state index contributed by atoms with van der Waals surface area (Å²) in [7, 11) is 3.23. The van der Waals surface area contributed by atoms with E-state index in [1.165, 1.54) is 15.2 Å². The summed E-state index contributed by atoms with van der Waals surface area (Å²) in [5, 5.41) is 0.698. The zero-order valence-corrected chi connectivity index (χ0v) is 16.7. The molecule has 0 atom stereocenters. The van der Waals surface area contributed by atoms with Gasteiger partial charge in [-0.15, -0.1) is 0 Å². The van der Waals surface area contributed by atoms with Gasteiger partial charge in [0.25, 0.3) is 0 Å². The molecule has 0 unspecified atom stereocenters. The molecule has 0 aliphatic carbocycles. The molecule has 0 saturated carbocycles. The van der Waals surface area contributed by atoms with Crippen molar-refractivity contribution >= 4 is 33.7 Å². The molecule has 0 amide bonds. The predicted octanol–water partition coefficient (Wildman–Crippen LogP) is 3.20. The number of aryl methyl sites for hydroxylation is 2. The highest BCUT2D eigenvalue weighted by Gasteiger charge is 2.21. The topological polar surface area (TPSA) is 74.3 Å². The molecule has 5 rings (SSSR count). The van der Waals surface area contributed by atoms with Gasteiger partial charge in [0.2, 0.25) is 0 Å². The Kier molecular flexibility index (Phi) is 4.02. The zero-order valence-electron chi connectivity index (χ0n) is 16.7. The molecule has 4 aromatic rings. The maximum atomic E-state index is 14.8. The number of allylic oxidation sites excluding steroid dienone is 1. The van der Waals surface area contributed by atoms with E-state index in [2.05, 4.69) is 15.0 Å². The van der Waals surface area contributed by atoms with Crippen LogP contribution in [0.15, 0.2) is 46.5 Å². The van der Waals surface area contributed by atoms with Crippen LogP contribution in [0.25, 0.3) is 33.3 Å². The molecule has 8 heteroatoms. The quantitative estimate of drug-likeness (QED) is 0.527. The zero-order chi connectivity index (χ0) is 21.0. The van der Waals surface area contributed by atoms with Crippen molar-refractivity contribution in [2.45, 2.75) is 6.92 Å².